The maximum absolute atomic E-state index is 4.62. The Hall–Kier alpha value is -1.16. The molecule has 0 spiro atoms. The summed E-state index contributed by atoms with van der Waals surface area (Å²) in [4.78, 5) is 11.6. The molecule has 1 aliphatic carbocycles. The predicted octanol–water partition coefficient (Wildman–Crippen LogP) is 2.99. The van der Waals surface area contributed by atoms with Crippen LogP contribution in [0.3, 0.4) is 0 Å². The summed E-state index contributed by atoms with van der Waals surface area (Å²) in [5.74, 6) is 1.70. The molecular formula is C16H28N4. The van der Waals surface area contributed by atoms with Crippen LogP contribution < -0.4 is 10.2 Å². The first-order chi connectivity index (χ1) is 9.70. The summed E-state index contributed by atoms with van der Waals surface area (Å²) >= 11 is 0. The van der Waals surface area contributed by atoms with Crippen molar-refractivity contribution in [1.82, 2.24) is 15.3 Å². The van der Waals surface area contributed by atoms with Gasteiger partial charge in [0.2, 0.25) is 0 Å². The Morgan fingerprint density at radius 3 is 2.55 bits per heavy atom. The highest BCUT2D eigenvalue weighted by Gasteiger charge is 2.22. The van der Waals surface area contributed by atoms with E-state index < -0.39 is 0 Å². The van der Waals surface area contributed by atoms with E-state index in [9.17, 15) is 0 Å². The van der Waals surface area contributed by atoms with Gasteiger partial charge in [-0.2, -0.15) is 0 Å². The average Bonchev–Trinajstić information content (AvgIpc) is 2.95. The summed E-state index contributed by atoms with van der Waals surface area (Å²) in [6.45, 7) is 9.47. The number of nitrogens with zero attached hydrogens (tertiary/aromatic N) is 3. The Bertz CT molecular complexity index is 382. The molecular weight excluding hydrogens is 248 g/mol. The molecule has 1 saturated carbocycles. The van der Waals surface area contributed by atoms with Gasteiger partial charge in [0.15, 0.2) is 0 Å². The number of hydrogen-bond donors (Lipinski definition) is 1. The Labute approximate surface area is 123 Å². The summed E-state index contributed by atoms with van der Waals surface area (Å²) in [7, 11) is 0. The van der Waals surface area contributed by atoms with Gasteiger partial charge >= 0.3 is 0 Å². The zero-order valence-electron chi connectivity index (χ0n) is 13.1. The molecule has 2 rings (SSSR count). The second-order valence-electron chi connectivity index (χ2n) is 6.11. The third-order valence-electron chi connectivity index (χ3n) is 3.95. The van der Waals surface area contributed by atoms with Gasteiger partial charge in [0.1, 0.15) is 5.82 Å². The number of aromatic nitrogens is 2. The van der Waals surface area contributed by atoms with Crippen LogP contribution in [-0.4, -0.2) is 29.1 Å². The van der Waals surface area contributed by atoms with E-state index in [1.54, 1.807) is 0 Å². The van der Waals surface area contributed by atoms with Gasteiger partial charge < -0.3 is 10.2 Å². The molecule has 0 unspecified atom stereocenters. The summed E-state index contributed by atoms with van der Waals surface area (Å²) in [5, 5.41) is 3.40. The highest BCUT2D eigenvalue weighted by molar-refractivity contribution is 5.37. The van der Waals surface area contributed by atoms with E-state index in [1.807, 2.05) is 12.4 Å². The first-order valence-corrected chi connectivity index (χ1v) is 7.99. The Kier molecular flexibility index (Phi) is 5.77. The maximum Gasteiger partial charge on any atom is 0.147 e. The molecule has 1 heterocycles. The van der Waals surface area contributed by atoms with E-state index >= 15 is 0 Å². The van der Waals surface area contributed by atoms with Gasteiger partial charge in [0.25, 0.3) is 0 Å². The molecule has 20 heavy (non-hydrogen) atoms. The minimum atomic E-state index is 0.666. The van der Waals surface area contributed by atoms with Crippen LogP contribution in [0.5, 0.6) is 0 Å². The predicted molar refractivity (Wildman–Crippen MR) is 83.9 cm³/mol. The second-order valence-corrected chi connectivity index (χ2v) is 6.11. The molecule has 1 aliphatic rings. The molecule has 1 aromatic rings. The van der Waals surface area contributed by atoms with Gasteiger partial charge in [-0.1, -0.05) is 26.7 Å². The minimum Gasteiger partial charge on any atom is -0.353 e. The lowest BCUT2D eigenvalue weighted by Gasteiger charge is -2.28. The summed E-state index contributed by atoms with van der Waals surface area (Å²) in [5.41, 5.74) is 1.02. The molecule has 1 fully saturated rings. The number of nitrogens with one attached hydrogen (secondary N) is 1. The average molecular weight is 276 g/mol. The van der Waals surface area contributed by atoms with Crippen molar-refractivity contribution in [3.63, 3.8) is 0 Å². The van der Waals surface area contributed by atoms with E-state index in [1.165, 1.54) is 25.7 Å². The second kappa shape index (κ2) is 7.58. The summed E-state index contributed by atoms with van der Waals surface area (Å²) < 4.78 is 0. The molecule has 0 saturated heterocycles. The molecule has 0 amide bonds. The smallest absolute Gasteiger partial charge is 0.147 e. The quantitative estimate of drug-likeness (QED) is 0.831. The molecule has 0 bridgehead atoms. The Morgan fingerprint density at radius 2 is 2.00 bits per heavy atom. The van der Waals surface area contributed by atoms with Crippen molar-refractivity contribution in [1.29, 1.82) is 0 Å². The molecule has 1 N–H and O–H groups in total. The van der Waals surface area contributed by atoms with E-state index in [2.05, 4.69) is 41.0 Å². The highest BCUT2D eigenvalue weighted by Crippen LogP contribution is 2.26. The van der Waals surface area contributed by atoms with Crippen LogP contribution in [0.2, 0.25) is 0 Å². The Balaban J connectivity index is 1.92. The standard InChI is InChI=1S/C16H28N4/c1-4-20(15-7-5-6-8-15)16-12-18-14(11-19-16)10-17-9-13(2)3/h11-13,15,17H,4-10H2,1-3H3. The lowest BCUT2D eigenvalue weighted by Crippen LogP contribution is -2.33. The molecule has 0 atom stereocenters. The van der Waals surface area contributed by atoms with Gasteiger partial charge in [0.05, 0.1) is 18.1 Å². The van der Waals surface area contributed by atoms with Crippen LogP contribution in [0.25, 0.3) is 0 Å². The van der Waals surface area contributed by atoms with Gasteiger partial charge in [-0.25, -0.2) is 4.98 Å². The fraction of sp³-hybridized carbons (Fsp3) is 0.750. The SMILES string of the molecule is CCN(c1cnc(CNCC(C)C)cn1)C1CCCC1. The third-order valence-corrected chi connectivity index (χ3v) is 3.95. The largest absolute Gasteiger partial charge is 0.353 e. The molecule has 1 aromatic heterocycles. The van der Waals surface area contributed by atoms with E-state index in [-0.39, 0.29) is 0 Å². The fourth-order valence-electron chi connectivity index (χ4n) is 2.90. The number of anilines is 1. The van der Waals surface area contributed by atoms with Crippen molar-refractivity contribution < 1.29 is 0 Å². The van der Waals surface area contributed by atoms with E-state index in [0.29, 0.717) is 12.0 Å². The zero-order valence-corrected chi connectivity index (χ0v) is 13.1. The normalized spacial score (nSPS) is 16.0. The monoisotopic (exact) mass is 276 g/mol. The number of hydrogen-bond acceptors (Lipinski definition) is 4. The van der Waals surface area contributed by atoms with Crippen molar-refractivity contribution in [2.45, 2.75) is 59.0 Å². The molecule has 4 nitrogen and oxygen atoms in total. The van der Waals surface area contributed by atoms with Crippen LogP contribution in [0.15, 0.2) is 12.4 Å². The van der Waals surface area contributed by atoms with E-state index in [0.717, 1.165) is 31.1 Å². The van der Waals surface area contributed by atoms with Crippen molar-refractivity contribution in [2.24, 2.45) is 5.92 Å². The van der Waals surface area contributed by atoms with Crippen LogP contribution in [0, 0.1) is 5.92 Å². The van der Waals surface area contributed by atoms with Crippen molar-refractivity contribution in [2.75, 3.05) is 18.0 Å². The van der Waals surface area contributed by atoms with Crippen LogP contribution >= 0.6 is 0 Å². The van der Waals surface area contributed by atoms with Gasteiger partial charge in [-0.15, -0.1) is 0 Å². The fourth-order valence-corrected chi connectivity index (χ4v) is 2.90. The third kappa shape index (κ3) is 4.17. The minimum absolute atomic E-state index is 0.666. The van der Waals surface area contributed by atoms with Crippen LogP contribution in [-0.2, 0) is 6.54 Å². The van der Waals surface area contributed by atoms with Crippen molar-refractivity contribution in [3.05, 3.63) is 18.1 Å². The molecule has 0 aromatic carbocycles. The van der Waals surface area contributed by atoms with Crippen molar-refractivity contribution >= 4 is 5.82 Å². The first kappa shape index (κ1) is 15.2. The van der Waals surface area contributed by atoms with Gasteiger partial charge in [0, 0.05) is 19.1 Å². The topological polar surface area (TPSA) is 41.1 Å². The van der Waals surface area contributed by atoms with Gasteiger partial charge in [-0.3, -0.25) is 4.98 Å². The van der Waals surface area contributed by atoms with Crippen LogP contribution in [0.1, 0.15) is 52.1 Å². The van der Waals surface area contributed by atoms with Gasteiger partial charge in [-0.05, 0) is 32.2 Å². The maximum atomic E-state index is 4.62. The zero-order chi connectivity index (χ0) is 14.4. The summed E-state index contributed by atoms with van der Waals surface area (Å²) in [6.07, 6.45) is 9.16. The molecule has 112 valence electrons. The van der Waals surface area contributed by atoms with Crippen molar-refractivity contribution in [3.8, 4) is 0 Å². The lowest BCUT2D eigenvalue weighted by atomic mass is 10.2. The number of rotatable bonds is 7. The van der Waals surface area contributed by atoms with E-state index in [4.69, 9.17) is 0 Å². The Morgan fingerprint density at radius 1 is 1.25 bits per heavy atom. The molecule has 0 aliphatic heterocycles. The molecule has 0 radical (unpaired) electrons. The van der Waals surface area contributed by atoms with Crippen LogP contribution in [0.4, 0.5) is 5.82 Å². The first-order valence-electron chi connectivity index (χ1n) is 7.99. The summed E-state index contributed by atoms with van der Waals surface area (Å²) in [6, 6.07) is 0.666. The molecule has 4 heteroatoms. The highest BCUT2D eigenvalue weighted by atomic mass is 15.2. The lowest BCUT2D eigenvalue weighted by molar-refractivity contribution is 0.547.